The van der Waals surface area contributed by atoms with E-state index in [0.29, 0.717) is 23.3 Å². The fraction of sp³-hybridized carbons (Fsp3) is 0.500. The highest BCUT2D eigenvalue weighted by molar-refractivity contribution is 14.0. The van der Waals surface area contributed by atoms with Gasteiger partial charge in [0.2, 0.25) is 5.89 Å². The molecule has 3 rings (SSSR count). The summed E-state index contributed by atoms with van der Waals surface area (Å²) in [5.74, 6) is 2.67. The Bertz CT molecular complexity index is 800. The van der Waals surface area contributed by atoms with Gasteiger partial charge in [0.1, 0.15) is 12.3 Å². The molecule has 0 amide bonds. The highest BCUT2D eigenvalue weighted by Gasteiger charge is 2.25. The normalized spacial score (nSPS) is 16.6. The molecule has 1 aromatic carbocycles. The maximum Gasteiger partial charge on any atom is 0.248 e. The second kappa shape index (κ2) is 10.7. The molecular weight excluding hydrogens is 495 g/mol. The number of aromatic nitrogens is 2. The van der Waals surface area contributed by atoms with Crippen molar-refractivity contribution in [2.45, 2.75) is 32.9 Å². The van der Waals surface area contributed by atoms with E-state index in [9.17, 15) is 0 Å². The zero-order chi connectivity index (χ0) is 19.2. The quantitative estimate of drug-likeness (QED) is 0.344. The smallest absolute Gasteiger partial charge is 0.248 e. The van der Waals surface area contributed by atoms with Crippen molar-refractivity contribution >= 4 is 47.2 Å². The van der Waals surface area contributed by atoms with Gasteiger partial charge in [-0.15, -0.1) is 24.0 Å². The van der Waals surface area contributed by atoms with E-state index in [-0.39, 0.29) is 30.0 Å². The second-order valence-corrected chi connectivity index (χ2v) is 6.76. The highest BCUT2D eigenvalue weighted by atomic mass is 127. The lowest BCUT2D eigenvalue weighted by Crippen LogP contribution is -2.44. The molecule has 8 nitrogen and oxygen atoms in total. The summed E-state index contributed by atoms with van der Waals surface area (Å²) in [4.78, 5) is 11.0. The van der Waals surface area contributed by atoms with Crippen LogP contribution in [0.25, 0.3) is 0 Å². The van der Waals surface area contributed by atoms with Crippen LogP contribution in [0.4, 0.5) is 5.69 Å². The van der Waals surface area contributed by atoms with E-state index in [0.717, 1.165) is 43.5 Å². The molecule has 0 radical (unpaired) electrons. The van der Waals surface area contributed by atoms with Gasteiger partial charge in [-0.2, -0.15) is 4.98 Å². The number of anilines is 1. The van der Waals surface area contributed by atoms with Gasteiger partial charge in [0, 0.05) is 30.7 Å². The fourth-order valence-electron chi connectivity index (χ4n) is 3.07. The maximum absolute atomic E-state index is 6.17. The van der Waals surface area contributed by atoms with Crippen molar-refractivity contribution in [3.63, 3.8) is 0 Å². The van der Waals surface area contributed by atoms with Crippen molar-refractivity contribution in [3.05, 3.63) is 34.9 Å². The number of benzene rings is 1. The van der Waals surface area contributed by atoms with Crippen molar-refractivity contribution in [1.82, 2.24) is 20.8 Å². The first kappa shape index (κ1) is 22.5. The number of hydrogen-bond acceptors (Lipinski definition) is 6. The Morgan fingerprint density at radius 2 is 2.29 bits per heavy atom. The lowest BCUT2D eigenvalue weighted by Gasteiger charge is -2.22. The summed E-state index contributed by atoms with van der Waals surface area (Å²) in [7, 11) is 1.67. The molecule has 0 aliphatic carbocycles. The van der Waals surface area contributed by atoms with Gasteiger partial charge >= 0.3 is 0 Å². The third kappa shape index (κ3) is 5.87. The van der Waals surface area contributed by atoms with Crippen molar-refractivity contribution in [2.75, 3.05) is 31.6 Å². The Morgan fingerprint density at radius 1 is 1.46 bits per heavy atom. The summed E-state index contributed by atoms with van der Waals surface area (Å²) < 4.78 is 10.6. The Balaban J connectivity index is 0.00000280. The van der Waals surface area contributed by atoms with E-state index >= 15 is 0 Å². The fourth-order valence-corrected chi connectivity index (χ4v) is 3.24. The molecule has 1 aromatic heterocycles. The number of aryl methyl sites for hydroxylation is 1. The monoisotopic (exact) mass is 520 g/mol. The van der Waals surface area contributed by atoms with Gasteiger partial charge < -0.3 is 24.8 Å². The molecule has 1 unspecified atom stereocenters. The number of rotatable bonds is 6. The van der Waals surface area contributed by atoms with Crippen molar-refractivity contribution in [1.29, 1.82) is 0 Å². The molecule has 10 heteroatoms. The van der Waals surface area contributed by atoms with Crippen LogP contribution in [-0.4, -0.2) is 48.9 Å². The van der Waals surface area contributed by atoms with Gasteiger partial charge in [0.05, 0.1) is 12.8 Å². The summed E-state index contributed by atoms with van der Waals surface area (Å²) in [5, 5.41) is 11.2. The molecule has 28 heavy (non-hydrogen) atoms. The van der Waals surface area contributed by atoms with Crippen LogP contribution in [0.5, 0.6) is 5.75 Å². The van der Waals surface area contributed by atoms with Crippen LogP contribution >= 0.6 is 35.6 Å². The number of halogens is 2. The predicted octanol–water partition coefficient (Wildman–Crippen LogP) is 2.99. The third-order valence-electron chi connectivity index (χ3n) is 4.30. The summed E-state index contributed by atoms with van der Waals surface area (Å²) >= 11 is 6.17. The van der Waals surface area contributed by atoms with Crippen LogP contribution in [0.3, 0.4) is 0 Å². The standard InChI is InChI=1S/C18H25ClN6O2.HI/c1-4-20-18(21-10-17-22-12(2)24-27-17)23-14-7-8-25(11-14)15-9-13(19)5-6-16(15)26-3;/h5-6,9,14H,4,7-8,10-11H2,1-3H3,(H2,20,21,23);1H. The Morgan fingerprint density at radius 3 is 2.96 bits per heavy atom. The molecule has 1 aliphatic rings. The number of methoxy groups -OCH3 is 1. The number of aliphatic imine (C=N–C) groups is 1. The number of nitrogens with one attached hydrogen (secondary N) is 2. The van der Waals surface area contributed by atoms with E-state index in [1.807, 2.05) is 25.1 Å². The first-order chi connectivity index (χ1) is 13.1. The molecule has 2 N–H and O–H groups in total. The number of ether oxygens (including phenoxy) is 1. The number of hydrogen-bond donors (Lipinski definition) is 2. The van der Waals surface area contributed by atoms with Gasteiger partial charge in [0.15, 0.2) is 11.8 Å². The molecule has 0 bridgehead atoms. The first-order valence-corrected chi connectivity index (χ1v) is 9.39. The molecule has 2 aromatic rings. The zero-order valence-corrected chi connectivity index (χ0v) is 19.3. The Labute approximate surface area is 187 Å². The van der Waals surface area contributed by atoms with Gasteiger partial charge in [-0.1, -0.05) is 16.8 Å². The van der Waals surface area contributed by atoms with Crippen molar-refractivity contribution in [2.24, 2.45) is 4.99 Å². The van der Waals surface area contributed by atoms with Crippen LogP contribution in [0.2, 0.25) is 5.02 Å². The molecule has 1 fully saturated rings. The topological polar surface area (TPSA) is 87.8 Å². The second-order valence-electron chi connectivity index (χ2n) is 6.32. The number of guanidine groups is 1. The minimum atomic E-state index is 0. The summed E-state index contributed by atoms with van der Waals surface area (Å²) in [6.45, 7) is 6.68. The zero-order valence-electron chi connectivity index (χ0n) is 16.2. The lowest BCUT2D eigenvalue weighted by molar-refractivity contribution is 0.376. The molecular formula is C18H26ClIN6O2. The molecule has 2 heterocycles. The average Bonchev–Trinajstić information content (AvgIpc) is 3.29. The van der Waals surface area contributed by atoms with Crippen LogP contribution in [0, 0.1) is 6.92 Å². The molecule has 0 saturated carbocycles. The van der Waals surface area contributed by atoms with Crippen LogP contribution < -0.4 is 20.3 Å². The van der Waals surface area contributed by atoms with Crippen molar-refractivity contribution < 1.29 is 9.26 Å². The van der Waals surface area contributed by atoms with Crippen LogP contribution in [0.1, 0.15) is 25.1 Å². The Kier molecular flexibility index (Phi) is 8.61. The van der Waals surface area contributed by atoms with E-state index in [4.69, 9.17) is 20.9 Å². The third-order valence-corrected chi connectivity index (χ3v) is 4.53. The molecule has 0 spiro atoms. The molecule has 1 saturated heterocycles. The molecule has 1 atom stereocenters. The largest absolute Gasteiger partial charge is 0.495 e. The van der Waals surface area contributed by atoms with Gasteiger partial charge in [-0.3, -0.25) is 0 Å². The summed E-state index contributed by atoms with van der Waals surface area (Å²) in [5.41, 5.74) is 1.01. The SMILES string of the molecule is CCNC(=NCc1nc(C)no1)NC1CCN(c2cc(Cl)ccc2OC)C1.I. The average molecular weight is 521 g/mol. The van der Waals surface area contributed by atoms with Gasteiger partial charge in [-0.05, 0) is 38.5 Å². The number of nitrogens with zero attached hydrogens (tertiary/aromatic N) is 4. The van der Waals surface area contributed by atoms with Gasteiger partial charge in [0.25, 0.3) is 0 Å². The Hall–Kier alpha value is -1.75. The molecule has 154 valence electrons. The summed E-state index contributed by atoms with van der Waals surface area (Å²) in [6, 6.07) is 5.94. The minimum Gasteiger partial charge on any atom is -0.495 e. The van der Waals surface area contributed by atoms with Crippen molar-refractivity contribution in [3.8, 4) is 5.75 Å². The predicted molar refractivity (Wildman–Crippen MR) is 121 cm³/mol. The first-order valence-electron chi connectivity index (χ1n) is 9.01. The maximum atomic E-state index is 6.17. The van der Waals surface area contributed by atoms with E-state index < -0.39 is 0 Å². The van der Waals surface area contributed by atoms with E-state index in [1.54, 1.807) is 14.0 Å². The highest BCUT2D eigenvalue weighted by Crippen LogP contribution is 2.33. The lowest BCUT2D eigenvalue weighted by atomic mass is 10.2. The van der Waals surface area contributed by atoms with E-state index in [2.05, 4.69) is 30.7 Å². The molecule has 1 aliphatic heterocycles. The van der Waals surface area contributed by atoms with E-state index in [1.165, 1.54) is 0 Å². The van der Waals surface area contributed by atoms with Gasteiger partial charge in [-0.25, -0.2) is 4.99 Å². The van der Waals surface area contributed by atoms with Crippen LogP contribution in [0.15, 0.2) is 27.7 Å². The summed E-state index contributed by atoms with van der Waals surface area (Å²) in [6.07, 6.45) is 0.986. The van der Waals surface area contributed by atoms with Crippen LogP contribution in [-0.2, 0) is 6.54 Å². The minimum absolute atomic E-state index is 0.